The summed E-state index contributed by atoms with van der Waals surface area (Å²) < 4.78 is 5.30. The molecule has 122 valence electrons. The highest BCUT2D eigenvalue weighted by Gasteiger charge is 2.35. The number of hydrogen-bond acceptors (Lipinski definition) is 3. The molecule has 0 atom stereocenters. The van der Waals surface area contributed by atoms with Crippen molar-refractivity contribution in [2.45, 2.75) is 65.1 Å². The molecule has 4 nitrogen and oxygen atoms in total. The molecule has 1 aromatic carbocycles. The fourth-order valence-electron chi connectivity index (χ4n) is 2.89. The molecule has 0 aliphatic heterocycles. The monoisotopic (exact) mass is 304 g/mol. The van der Waals surface area contributed by atoms with E-state index in [4.69, 9.17) is 4.74 Å². The maximum atomic E-state index is 11.8. The van der Waals surface area contributed by atoms with Crippen LogP contribution in [0, 0.1) is 6.92 Å². The summed E-state index contributed by atoms with van der Waals surface area (Å²) in [6.45, 7) is 10.9. The maximum absolute atomic E-state index is 11.8. The quantitative estimate of drug-likeness (QED) is 0.918. The van der Waals surface area contributed by atoms with Crippen LogP contribution in [0.15, 0.2) is 24.3 Å². The van der Waals surface area contributed by atoms with E-state index < -0.39 is 5.60 Å². The van der Waals surface area contributed by atoms with Crippen LogP contribution in [-0.4, -0.2) is 30.3 Å². The second-order valence-electron chi connectivity index (χ2n) is 7.09. The predicted molar refractivity (Wildman–Crippen MR) is 90.4 cm³/mol. The Morgan fingerprint density at radius 2 is 2.05 bits per heavy atom. The van der Waals surface area contributed by atoms with Crippen molar-refractivity contribution in [2.24, 2.45) is 0 Å². The molecule has 1 fully saturated rings. The minimum atomic E-state index is -0.440. The van der Waals surface area contributed by atoms with E-state index >= 15 is 0 Å². The zero-order valence-corrected chi connectivity index (χ0v) is 14.3. The molecular formula is C18H28N2O2. The fourth-order valence-corrected chi connectivity index (χ4v) is 2.89. The topological polar surface area (TPSA) is 41.6 Å². The van der Waals surface area contributed by atoms with Crippen LogP contribution in [0.3, 0.4) is 0 Å². The molecule has 0 radical (unpaired) electrons. The van der Waals surface area contributed by atoms with Crippen molar-refractivity contribution >= 4 is 11.8 Å². The lowest BCUT2D eigenvalue weighted by molar-refractivity contribution is 0.0471. The number of carbonyl (C=O) groups excluding carboxylic acids is 1. The van der Waals surface area contributed by atoms with Crippen LogP contribution in [0.2, 0.25) is 0 Å². The molecule has 22 heavy (non-hydrogen) atoms. The SMILES string of the molecule is CCN(c1cccc(C)c1)C1CC(NC(=O)OC(C)(C)C)C1. The zero-order chi connectivity index (χ0) is 16.3. The number of nitrogens with one attached hydrogen (secondary N) is 1. The number of carbonyl (C=O) groups is 1. The van der Waals surface area contributed by atoms with Crippen LogP contribution in [0.4, 0.5) is 10.5 Å². The Balaban J connectivity index is 1.86. The highest BCUT2D eigenvalue weighted by Crippen LogP contribution is 2.30. The average molecular weight is 304 g/mol. The largest absolute Gasteiger partial charge is 0.444 e. The van der Waals surface area contributed by atoms with E-state index in [1.54, 1.807) is 0 Å². The van der Waals surface area contributed by atoms with Crippen molar-refractivity contribution in [2.75, 3.05) is 11.4 Å². The molecule has 1 amide bonds. The summed E-state index contributed by atoms with van der Waals surface area (Å²) in [6, 6.07) is 9.31. The van der Waals surface area contributed by atoms with E-state index in [0.717, 1.165) is 19.4 Å². The van der Waals surface area contributed by atoms with Gasteiger partial charge < -0.3 is 15.0 Å². The van der Waals surface area contributed by atoms with Gasteiger partial charge in [-0.3, -0.25) is 0 Å². The fraction of sp³-hybridized carbons (Fsp3) is 0.611. The number of ether oxygens (including phenoxy) is 1. The molecule has 1 aliphatic carbocycles. The first-order valence-corrected chi connectivity index (χ1v) is 8.11. The standard InChI is InChI=1S/C18H28N2O2/c1-6-20(15-9-7-8-13(2)10-15)16-11-14(12-16)19-17(21)22-18(3,4)5/h7-10,14,16H,6,11-12H2,1-5H3,(H,19,21). The Bertz CT molecular complexity index is 516. The summed E-state index contributed by atoms with van der Waals surface area (Å²) in [4.78, 5) is 14.2. The van der Waals surface area contributed by atoms with Crippen LogP contribution in [-0.2, 0) is 4.74 Å². The zero-order valence-electron chi connectivity index (χ0n) is 14.3. The highest BCUT2D eigenvalue weighted by atomic mass is 16.6. The van der Waals surface area contributed by atoms with Crippen molar-refractivity contribution in [1.29, 1.82) is 0 Å². The second kappa shape index (κ2) is 6.59. The summed E-state index contributed by atoms with van der Waals surface area (Å²) >= 11 is 0. The molecule has 1 aliphatic rings. The Morgan fingerprint density at radius 3 is 2.59 bits per heavy atom. The van der Waals surface area contributed by atoms with Crippen LogP contribution in [0.25, 0.3) is 0 Å². The Labute approximate surface area is 133 Å². The number of anilines is 1. The third kappa shape index (κ3) is 4.39. The van der Waals surface area contributed by atoms with Crippen molar-refractivity contribution < 1.29 is 9.53 Å². The van der Waals surface area contributed by atoms with Gasteiger partial charge in [-0.15, -0.1) is 0 Å². The summed E-state index contributed by atoms with van der Waals surface area (Å²) in [5.74, 6) is 0. The molecular weight excluding hydrogens is 276 g/mol. The Kier molecular flexibility index (Phi) is 4.99. The lowest BCUT2D eigenvalue weighted by atomic mass is 9.85. The lowest BCUT2D eigenvalue weighted by Crippen LogP contribution is -2.54. The molecule has 0 bridgehead atoms. The van der Waals surface area contributed by atoms with Crippen LogP contribution >= 0.6 is 0 Å². The van der Waals surface area contributed by atoms with E-state index in [1.165, 1.54) is 11.3 Å². The molecule has 1 aromatic rings. The van der Waals surface area contributed by atoms with Gasteiger partial charge in [0.05, 0.1) is 0 Å². The van der Waals surface area contributed by atoms with Gasteiger partial charge in [-0.2, -0.15) is 0 Å². The number of rotatable bonds is 4. The number of alkyl carbamates (subject to hydrolysis) is 1. The van der Waals surface area contributed by atoms with Gasteiger partial charge in [0.25, 0.3) is 0 Å². The summed E-state index contributed by atoms with van der Waals surface area (Å²) in [5.41, 5.74) is 2.10. The minimum absolute atomic E-state index is 0.221. The number of nitrogens with zero attached hydrogens (tertiary/aromatic N) is 1. The second-order valence-corrected chi connectivity index (χ2v) is 7.09. The molecule has 4 heteroatoms. The van der Waals surface area contributed by atoms with Gasteiger partial charge in [0.1, 0.15) is 5.60 Å². The summed E-state index contributed by atoms with van der Waals surface area (Å²) in [7, 11) is 0. The van der Waals surface area contributed by atoms with Gasteiger partial charge in [-0.05, 0) is 65.2 Å². The van der Waals surface area contributed by atoms with Gasteiger partial charge in [0.2, 0.25) is 0 Å². The summed E-state index contributed by atoms with van der Waals surface area (Å²) in [5, 5.41) is 2.96. The third-order valence-electron chi connectivity index (χ3n) is 3.95. The van der Waals surface area contributed by atoms with Gasteiger partial charge >= 0.3 is 6.09 Å². The van der Waals surface area contributed by atoms with Crippen molar-refractivity contribution in [3.8, 4) is 0 Å². The maximum Gasteiger partial charge on any atom is 0.407 e. The molecule has 1 N–H and O–H groups in total. The number of aryl methyl sites for hydroxylation is 1. The van der Waals surface area contributed by atoms with Crippen molar-refractivity contribution in [1.82, 2.24) is 5.32 Å². The van der Waals surface area contributed by atoms with E-state index in [2.05, 4.69) is 48.3 Å². The van der Waals surface area contributed by atoms with E-state index in [-0.39, 0.29) is 12.1 Å². The molecule has 2 rings (SSSR count). The van der Waals surface area contributed by atoms with E-state index in [1.807, 2.05) is 20.8 Å². The molecule has 0 spiro atoms. The van der Waals surface area contributed by atoms with Crippen LogP contribution in [0.1, 0.15) is 46.1 Å². The first-order valence-electron chi connectivity index (χ1n) is 8.11. The molecule has 0 saturated heterocycles. The van der Waals surface area contributed by atoms with E-state index in [9.17, 15) is 4.79 Å². The van der Waals surface area contributed by atoms with Crippen LogP contribution in [0.5, 0.6) is 0 Å². The van der Waals surface area contributed by atoms with Gasteiger partial charge in [-0.1, -0.05) is 12.1 Å². The smallest absolute Gasteiger partial charge is 0.407 e. The normalized spacial score (nSPS) is 21.0. The lowest BCUT2D eigenvalue weighted by Gasteiger charge is -2.44. The van der Waals surface area contributed by atoms with Gasteiger partial charge in [0.15, 0.2) is 0 Å². The van der Waals surface area contributed by atoms with Crippen LogP contribution < -0.4 is 10.2 Å². The van der Waals surface area contributed by atoms with Crippen molar-refractivity contribution in [3.05, 3.63) is 29.8 Å². The first kappa shape index (κ1) is 16.7. The molecule has 0 unspecified atom stereocenters. The minimum Gasteiger partial charge on any atom is -0.444 e. The molecule has 0 heterocycles. The summed E-state index contributed by atoms with van der Waals surface area (Å²) in [6.07, 6.45) is 1.64. The highest BCUT2D eigenvalue weighted by molar-refractivity contribution is 5.68. The number of benzene rings is 1. The predicted octanol–water partition coefficient (Wildman–Crippen LogP) is 3.88. The van der Waals surface area contributed by atoms with E-state index in [0.29, 0.717) is 6.04 Å². The first-order chi connectivity index (χ1) is 10.3. The molecule has 0 aromatic heterocycles. The van der Waals surface area contributed by atoms with Gasteiger partial charge in [0, 0.05) is 24.3 Å². The average Bonchev–Trinajstić information content (AvgIpc) is 2.34. The third-order valence-corrected chi connectivity index (χ3v) is 3.95. The Morgan fingerprint density at radius 1 is 1.36 bits per heavy atom. The Hall–Kier alpha value is -1.71. The number of hydrogen-bond donors (Lipinski definition) is 1. The van der Waals surface area contributed by atoms with Gasteiger partial charge in [-0.25, -0.2) is 4.79 Å². The number of amides is 1. The van der Waals surface area contributed by atoms with Crippen molar-refractivity contribution in [3.63, 3.8) is 0 Å². The molecule has 1 saturated carbocycles.